The highest BCUT2D eigenvalue weighted by Crippen LogP contribution is 2.24. The number of imidazole rings is 1. The van der Waals surface area contributed by atoms with E-state index in [0.717, 1.165) is 23.1 Å². The second kappa shape index (κ2) is 6.09. The zero-order valence-corrected chi connectivity index (χ0v) is 14.0. The Bertz CT molecular complexity index is 997. The molecule has 24 heavy (non-hydrogen) atoms. The summed E-state index contributed by atoms with van der Waals surface area (Å²) in [7, 11) is -3.80. The molecule has 0 amide bonds. The van der Waals surface area contributed by atoms with Gasteiger partial charge in [-0.2, -0.15) is 0 Å². The molecular formula is C17H16FN3O2S. The van der Waals surface area contributed by atoms with Gasteiger partial charge >= 0.3 is 0 Å². The minimum absolute atomic E-state index is 0.0479. The van der Waals surface area contributed by atoms with E-state index < -0.39 is 15.8 Å². The second-order valence-corrected chi connectivity index (χ2v) is 7.13. The molecule has 0 aliphatic heterocycles. The number of sulfonamides is 1. The zero-order valence-electron chi connectivity index (χ0n) is 13.2. The minimum Gasteiger partial charge on any atom is -0.342 e. The van der Waals surface area contributed by atoms with Gasteiger partial charge in [-0.1, -0.05) is 12.1 Å². The lowest BCUT2D eigenvalue weighted by atomic mass is 10.1. The van der Waals surface area contributed by atoms with Gasteiger partial charge in [0.05, 0.1) is 16.8 Å². The number of hydrogen-bond donors (Lipinski definition) is 2. The van der Waals surface area contributed by atoms with Crippen molar-refractivity contribution in [3.8, 4) is 11.3 Å². The first-order valence-corrected chi connectivity index (χ1v) is 8.74. The molecule has 0 aliphatic carbocycles. The fourth-order valence-electron chi connectivity index (χ4n) is 2.44. The highest BCUT2D eigenvalue weighted by molar-refractivity contribution is 7.92. The standard InChI is InChI=1S/C17H16FN3O2S/c1-11-8-14(18)6-7-17(11)24(22,23)21-15-5-3-4-13(9-15)16-10-19-12(2)20-16/h3-10,21H,1-2H3,(H,19,20). The van der Waals surface area contributed by atoms with E-state index in [-0.39, 0.29) is 4.90 Å². The number of benzene rings is 2. The van der Waals surface area contributed by atoms with Crippen LogP contribution in [-0.4, -0.2) is 18.4 Å². The molecule has 0 atom stereocenters. The fourth-order valence-corrected chi connectivity index (χ4v) is 3.72. The van der Waals surface area contributed by atoms with Gasteiger partial charge in [-0.25, -0.2) is 17.8 Å². The molecule has 0 saturated carbocycles. The van der Waals surface area contributed by atoms with Crippen LogP contribution in [0.15, 0.2) is 53.6 Å². The Kier molecular flexibility index (Phi) is 4.11. The molecule has 0 radical (unpaired) electrons. The lowest BCUT2D eigenvalue weighted by Gasteiger charge is -2.11. The van der Waals surface area contributed by atoms with Crippen molar-refractivity contribution in [2.75, 3.05) is 4.72 Å². The molecule has 0 spiro atoms. The van der Waals surface area contributed by atoms with E-state index in [4.69, 9.17) is 0 Å². The lowest BCUT2D eigenvalue weighted by molar-refractivity contribution is 0.598. The SMILES string of the molecule is Cc1ncc(-c2cccc(NS(=O)(=O)c3ccc(F)cc3C)c2)[nH]1. The summed E-state index contributed by atoms with van der Waals surface area (Å²) in [6, 6.07) is 10.6. The van der Waals surface area contributed by atoms with Crippen molar-refractivity contribution in [2.24, 2.45) is 0 Å². The Morgan fingerprint density at radius 2 is 1.92 bits per heavy atom. The fraction of sp³-hybridized carbons (Fsp3) is 0.118. The first-order valence-electron chi connectivity index (χ1n) is 7.26. The zero-order chi connectivity index (χ0) is 17.3. The van der Waals surface area contributed by atoms with Crippen molar-refractivity contribution < 1.29 is 12.8 Å². The third-order valence-corrected chi connectivity index (χ3v) is 5.10. The van der Waals surface area contributed by atoms with Crippen LogP contribution in [0.25, 0.3) is 11.3 Å². The predicted octanol–water partition coefficient (Wildman–Crippen LogP) is 3.63. The van der Waals surface area contributed by atoms with Crippen molar-refractivity contribution in [2.45, 2.75) is 18.7 Å². The Balaban J connectivity index is 1.93. The number of H-pyrrole nitrogens is 1. The molecular weight excluding hydrogens is 329 g/mol. The summed E-state index contributed by atoms with van der Waals surface area (Å²) >= 11 is 0. The Morgan fingerprint density at radius 1 is 1.12 bits per heavy atom. The molecule has 0 bridgehead atoms. The van der Waals surface area contributed by atoms with Gasteiger partial charge < -0.3 is 4.98 Å². The third kappa shape index (κ3) is 3.30. The molecule has 0 saturated heterocycles. The highest BCUT2D eigenvalue weighted by atomic mass is 32.2. The third-order valence-electron chi connectivity index (χ3n) is 3.56. The van der Waals surface area contributed by atoms with Gasteiger partial charge in [-0.15, -0.1) is 0 Å². The quantitative estimate of drug-likeness (QED) is 0.758. The van der Waals surface area contributed by atoms with Crippen LogP contribution in [0.1, 0.15) is 11.4 Å². The molecule has 5 nitrogen and oxygen atoms in total. The van der Waals surface area contributed by atoms with E-state index in [9.17, 15) is 12.8 Å². The molecule has 7 heteroatoms. The maximum absolute atomic E-state index is 13.2. The van der Waals surface area contributed by atoms with Gasteiger partial charge in [0.25, 0.3) is 10.0 Å². The normalized spacial score (nSPS) is 11.5. The van der Waals surface area contributed by atoms with Crippen molar-refractivity contribution in [1.29, 1.82) is 0 Å². The first-order chi connectivity index (χ1) is 11.3. The van der Waals surface area contributed by atoms with Crippen LogP contribution in [0.5, 0.6) is 0 Å². The summed E-state index contributed by atoms with van der Waals surface area (Å²) in [6.45, 7) is 3.40. The van der Waals surface area contributed by atoms with Gasteiger partial charge in [0.15, 0.2) is 0 Å². The van der Waals surface area contributed by atoms with Crippen LogP contribution >= 0.6 is 0 Å². The monoisotopic (exact) mass is 345 g/mol. The smallest absolute Gasteiger partial charge is 0.262 e. The predicted molar refractivity (Wildman–Crippen MR) is 90.7 cm³/mol. The van der Waals surface area contributed by atoms with Crippen molar-refractivity contribution >= 4 is 15.7 Å². The van der Waals surface area contributed by atoms with Gasteiger partial charge in [-0.05, 0) is 49.7 Å². The maximum atomic E-state index is 13.2. The summed E-state index contributed by atoms with van der Waals surface area (Å²) in [5.74, 6) is 0.306. The number of aromatic nitrogens is 2. The Labute approximate surface area is 139 Å². The van der Waals surface area contributed by atoms with Crippen LogP contribution in [0.2, 0.25) is 0 Å². The number of aryl methyl sites for hydroxylation is 2. The van der Waals surface area contributed by atoms with Gasteiger partial charge in [0.2, 0.25) is 0 Å². The van der Waals surface area contributed by atoms with Crippen LogP contribution in [0, 0.1) is 19.7 Å². The summed E-state index contributed by atoms with van der Waals surface area (Å²) < 4.78 is 40.8. The average molecular weight is 345 g/mol. The molecule has 3 rings (SSSR count). The number of rotatable bonds is 4. The number of aromatic amines is 1. The number of nitrogens with one attached hydrogen (secondary N) is 2. The molecule has 1 aromatic heterocycles. The summed E-state index contributed by atoms with van der Waals surface area (Å²) in [4.78, 5) is 7.28. The molecule has 0 aliphatic rings. The Hall–Kier alpha value is -2.67. The van der Waals surface area contributed by atoms with Crippen molar-refractivity contribution in [3.63, 3.8) is 0 Å². The van der Waals surface area contributed by atoms with Crippen LogP contribution < -0.4 is 4.72 Å². The second-order valence-electron chi connectivity index (χ2n) is 5.48. The van der Waals surface area contributed by atoms with Gasteiger partial charge in [-0.3, -0.25) is 4.72 Å². The lowest BCUT2D eigenvalue weighted by Crippen LogP contribution is -2.14. The van der Waals surface area contributed by atoms with E-state index in [1.165, 1.54) is 12.1 Å². The molecule has 0 unspecified atom stereocenters. The van der Waals surface area contributed by atoms with Crippen LogP contribution in [-0.2, 0) is 10.0 Å². The topological polar surface area (TPSA) is 74.8 Å². The van der Waals surface area contributed by atoms with Crippen LogP contribution in [0.4, 0.5) is 10.1 Å². The summed E-state index contributed by atoms with van der Waals surface area (Å²) in [5.41, 5.74) is 2.38. The highest BCUT2D eigenvalue weighted by Gasteiger charge is 2.17. The largest absolute Gasteiger partial charge is 0.342 e. The van der Waals surface area contributed by atoms with E-state index in [2.05, 4.69) is 14.7 Å². The van der Waals surface area contributed by atoms with E-state index in [0.29, 0.717) is 11.3 Å². The van der Waals surface area contributed by atoms with Gasteiger partial charge in [0.1, 0.15) is 11.6 Å². The van der Waals surface area contributed by atoms with Crippen molar-refractivity contribution in [1.82, 2.24) is 9.97 Å². The molecule has 3 aromatic rings. The maximum Gasteiger partial charge on any atom is 0.262 e. The first kappa shape index (κ1) is 16.2. The summed E-state index contributed by atoms with van der Waals surface area (Å²) in [5, 5.41) is 0. The summed E-state index contributed by atoms with van der Waals surface area (Å²) in [6.07, 6.45) is 1.69. The molecule has 2 N–H and O–H groups in total. The number of anilines is 1. The number of nitrogens with zero attached hydrogens (tertiary/aromatic N) is 1. The number of hydrogen-bond acceptors (Lipinski definition) is 3. The van der Waals surface area contributed by atoms with Gasteiger partial charge in [0, 0.05) is 11.3 Å². The van der Waals surface area contributed by atoms with Crippen molar-refractivity contribution in [3.05, 3.63) is 65.9 Å². The molecule has 124 valence electrons. The molecule has 0 fully saturated rings. The van der Waals surface area contributed by atoms with E-state index in [1.807, 2.05) is 13.0 Å². The van der Waals surface area contributed by atoms with E-state index in [1.54, 1.807) is 31.3 Å². The Morgan fingerprint density at radius 3 is 2.58 bits per heavy atom. The minimum atomic E-state index is -3.80. The van der Waals surface area contributed by atoms with E-state index >= 15 is 0 Å². The molecule has 2 aromatic carbocycles. The number of halogens is 1. The molecule has 1 heterocycles. The average Bonchev–Trinajstić information content (AvgIpc) is 2.93. The van der Waals surface area contributed by atoms with Crippen LogP contribution in [0.3, 0.4) is 0 Å².